The Morgan fingerprint density at radius 2 is 1.20 bits per heavy atom. The highest BCUT2D eigenvalue weighted by Crippen LogP contribution is 2.13. The van der Waals surface area contributed by atoms with Crippen molar-refractivity contribution in [2.24, 2.45) is 0 Å². The maximum Gasteiger partial charge on any atom is 0.306 e. The van der Waals surface area contributed by atoms with E-state index >= 15 is 0 Å². The Labute approximate surface area is 134 Å². The number of esters is 1. The van der Waals surface area contributed by atoms with E-state index in [1.807, 2.05) is 20.8 Å². The summed E-state index contributed by atoms with van der Waals surface area (Å²) < 4.78 is 5.29. The molecule has 120 valence electrons. The van der Waals surface area contributed by atoms with Gasteiger partial charge in [0.2, 0.25) is 0 Å². The quantitative estimate of drug-likeness (QED) is 0.245. The maximum absolute atomic E-state index is 11.5. The summed E-state index contributed by atoms with van der Waals surface area (Å²) in [7, 11) is 0. The summed E-state index contributed by atoms with van der Waals surface area (Å²) in [5, 5.41) is 1.14. The molecular weight excluding hydrogens is 316 g/mol. The van der Waals surface area contributed by atoms with Gasteiger partial charge in [-0.05, 0) is 33.6 Å². The molecule has 0 amide bonds. The molecule has 0 saturated heterocycles. The van der Waals surface area contributed by atoms with Crippen molar-refractivity contribution >= 4 is 21.9 Å². The van der Waals surface area contributed by atoms with E-state index in [4.69, 9.17) is 4.74 Å². The van der Waals surface area contributed by atoms with Gasteiger partial charge in [0, 0.05) is 11.8 Å². The van der Waals surface area contributed by atoms with E-state index in [9.17, 15) is 4.79 Å². The summed E-state index contributed by atoms with van der Waals surface area (Å²) in [5.41, 5.74) is -0.341. The Bertz CT molecular complexity index is 234. The van der Waals surface area contributed by atoms with E-state index in [2.05, 4.69) is 15.9 Å². The Morgan fingerprint density at radius 1 is 0.800 bits per heavy atom. The van der Waals surface area contributed by atoms with Gasteiger partial charge in [-0.15, -0.1) is 0 Å². The van der Waals surface area contributed by atoms with E-state index in [1.165, 1.54) is 51.4 Å². The second-order valence-electron chi connectivity index (χ2n) is 6.56. The SMILES string of the molecule is CC(C)(C)OC(=O)CCCCCCCCCCCCBr. The van der Waals surface area contributed by atoms with Crippen LogP contribution < -0.4 is 0 Å². The van der Waals surface area contributed by atoms with Gasteiger partial charge in [-0.1, -0.05) is 67.3 Å². The van der Waals surface area contributed by atoms with Crippen LogP contribution in [-0.4, -0.2) is 16.9 Å². The van der Waals surface area contributed by atoms with E-state index in [0.29, 0.717) is 6.42 Å². The topological polar surface area (TPSA) is 26.3 Å². The van der Waals surface area contributed by atoms with Gasteiger partial charge in [-0.25, -0.2) is 0 Å². The van der Waals surface area contributed by atoms with Crippen LogP contribution in [0.15, 0.2) is 0 Å². The number of alkyl halides is 1. The summed E-state index contributed by atoms with van der Waals surface area (Å²) >= 11 is 3.46. The van der Waals surface area contributed by atoms with Crippen LogP contribution in [0.3, 0.4) is 0 Å². The predicted molar refractivity (Wildman–Crippen MR) is 90.4 cm³/mol. The fourth-order valence-corrected chi connectivity index (χ4v) is 2.57. The molecule has 0 saturated carbocycles. The molecule has 0 unspecified atom stereocenters. The lowest BCUT2D eigenvalue weighted by Gasteiger charge is -2.19. The Morgan fingerprint density at radius 3 is 1.60 bits per heavy atom. The van der Waals surface area contributed by atoms with Crippen LogP contribution in [0.4, 0.5) is 0 Å². The Hall–Kier alpha value is -0.0500. The van der Waals surface area contributed by atoms with Crippen molar-refractivity contribution in [1.82, 2.24) is 0 Å². The van der Waals surface area contributed by atoms with Gasteiger partial charge in [0.25, 0.3) is 0 Å². The maximum atomic E-state index is 11.5. The molecular formula is C17H33BrO2. The molecule has 3 heteroatoms. The lowest BCUT2D eigenvalue weighted by Crippen LogP contribution is -2.23. The van der Waals surface area contributed by atoms with Crippen LogP contribution in [0, 0.1) is 0 Å². The summed E-state index contributed by atoms with van der Waals surface area (Å²) in [5.74, 6) is -0.0516. The molecule has 0 aromatic rings. The molecule has 2 nitrogen and oxygen atoms in total. The molecule has 0 spiro atoms. The first-order valence-electron chi connectivity index (χ1n) is 8.23. The third-order valence-corrected chi connectivity index (χ3v) is 3.75. The molecule has 0 rings (SSSR count). The van der Waals surface area contributed by atoms with Gasteiger partial charge in [0.1, 0.15) is 5.60 Å². The standard InChI is InChI=1S/C17H33BrO2/c1-17(2,3)20-16(19)14-12-10-8-6-4-5-7-9-11-13-15-18/h4-15H2,1-3H3. The fourth-order valence-electron chi connectivity index (χ4n) is 2.17. The first kappa shape index (κ1) is 19.9. The average molecular weight is 349 g/mol. The first-order chi connectivity index (χ1) is 9.45. The van der Waals surface area contributed by atoms with Crippen molar-refractivity contribution in [2.75, 3.05) is 5.33 Å². The van der Waals surface area contributed by atoms with Crippen molar-refractivity contribution in [2.45, 2.75) is 97.0 Å². The van der Waals surface area contributed by atoms with E-state index < -0.39 is 0 Å². The zero-order chi connectivity index (χ0) is 15.3. The molecule has 0 fully saturated rings. The molecule has 0 aliphatic carbocycles. The van der Waals surface area contributed by atoms with Gasteiger partial charge in [-0.3, -0.25) is 4.79 Å². The second-order valence-corrected chi connectivity index (χ2v) is 7.35. The van der Waals surface area contributed by atoms with E-state index in [0.717, 1.165) is 18.2 Å². The van der Waals surface area contributed by atoms with Crippen LogP contribution in [0.5, 0.6) is 0 Å². The summed E-state index contributed by atoms with van der Waals surface area (Å²) in [4.78, 5) is 11.5. The largest absolute Gasteiger partial charge is 0.460 e. The minimum Gasteiger partial charge on any atom is -0.460 e. The van der Waals surface area contributed by atoms with Gasteiger partial charge in [-0.2, -0.15) is 0 Å². The number of rotatable bonds is 12. The minimum atomic E-state index is -0.341. The molecule has 0 aliphatic rings. The van der Waals surface area contributed by atoms with Crippen molar-refractivity contribution < 1.29 is 9.53 Å². The average Bonchev–Trinajstić information content (AvgIpc) is 2.34. The highest BCUT2D eigenvalue weighted by atomic mass is 79.9. The van der Waals surface area contributed by atoms with Gasteiger partial charge in [0.15, 0.2) is 0 Å². The predicted octanol–water partition coefficient (Wildman–Crippen LogP) is 6.01. The lowest BCUT2D eigenvalue weighted by molar-refractivity contribution is -0.154. The zero-order valence-electron chi connectivity index (χ0n) is 13.7. The lowest BCUT2D eigenvalue weighted by atomic mass is 10.1. The van der Waals surface area contributed by atoms with Crippen molar-refractivity contribution in [3.05, 3.63) is 0 Å². The monoisotopic (exact) mass is 348 g/mol. The van der Waals surface area contributed by atoms with Crippen molar-refractivity contribution in [3.63, 3.8) is 0 Å². The third-order valence-electron chi connectivity index (χ3n) is 3.18. The van der Waals surface area contributed by atoms with Gasteiger partial charge < -0.3 is 4.74 Å². The first-order valence-corrected chi connectivity index (χ1v) is 9.35. The van der Waals surface area contributed by atoms with Crippen LogP contribution in [-0.2, 0) is 9.53 Å². The van der Waals surface area contributed by atoms with Crippen molar-refractivity contribution in [3.8, 4) is 0 Å². The van der Waals surface area contributed by atoms with Crippen LogP contribution in [0.25, 0.3) is 0 Å². The third kappa shape index (κ3) is 16.0. The summed E-state index contributed by atoms with van der Waals surface area (Å²) in [6.45, 7) is 5.76. The number of unbranched alkanes of at least 4 members (excludes halogenated alkanes) is 9. The summed E-state index contributed by atoms with van der Waals surface area (Å²) in [6, 6.07) is 0. The molecule has 0 aliphatic heterocycles. The van der Waals surface area contributed by atoms with E-state index in [1.54, 1.807) is 0 Å². The van der Waals surface area contributed by atoms with Crippen LogP contribution in [0.1, 0.15) is 91.4 Å². The highest BCUT2D eigenvalue weighted by molar-refractivity contribution is 9.09. The number of ether oxygens (including phenoxy) is 1. The molecule has 20 heavy (non-hydrogen) atoms. The number of carbonyl (C=O) groups is 1. The number of hydrogen-bond donors (Lipinski definition) is 0. The number of halogens is 1. The zero-order valence-corrected chi connectivity index (χ0v) is 15.3. The fraction of sp³-hybridized carbons (Fsp3) is 0.941. The molecule has 0 atom stereocenters. The van der Waals surface area contributed by atoms with Gasteiger partial charge in [0.05, 0.1) is 0 Å². The smallest absolute Gasteiger partial charge is 0.306 e. The van der Waals surface area contributed by atoms with Gasteiger partial charge >= 0.3 is 5.97 Å². The Kier molecular flexibility index (Phi) is 12.6. The van der Waals surface area contributed by atoms with E-state index in [-0.39, 0.29) is 11.6 Å². The normalized spacial score (nSPS) is 11.6. The van der Waals surface area contributed by atoms with Crippen LogP contribution >= 0.6 is 15.9 Å². The number of carbonyl (C=O) groups excluding carboxylic acids is 1. The highest BCUT2D eigenvalue weighted by Gasteiger charge is 2.15. The minimum absolute atomic E-state index is 0.0516. The molecule has 0 bridgehead atoms. The molecule has 0 radical (unpaired) electrons. The summed E-state index contributed by atoms with van der Waals surface area (Å²) in [6.07, 6.45) is 13.4. The molecule has 0 N–H and O–H groups in total. The van der Waals surface area contributed by atoms with Crippen molar-refractivity contribution in [1.29, 1.82) is 0 Å². The Balaban J connectivity index is 3.19. The van der Waals surface area contributed by atoms with Crippen LogP contribution in [0.2, 0.25) is 0 Å². The second kappa shape index (κ2) is 12.7. The molecule has 0 heterocycles. The molecule has 0 aromatic heterocycles. The number of hydrogen-bond acceptors (Lipinski definition) is 2. The molecule has 0 aromatic carbocycles.